The molecule has 0 aliphatic rings. The first kappa shape index (κ1) is 10.3. The Labute approximate surface area is 95.0 Å². The molecule has 0 saturated carbocycles. The molecule has 2 heteroatoms. The second-order valence-electron chi connectivity index (χ2n) is 3.31. The van der Waals surface area contributed by atoms with Gasteiger partial charge in [0, 0.05) is 0 Å². The van der Waals surface area contributed by atoms with Crippen molar-refractivity contribution < 1.29 is 0 Å². The number of hydrogen-bond acceptors (Lipinski definition) is 2. The van der Waals surface area contributed by atoms with Crippen LogP contribution in [0.1, 0.15) is 11.1 Å². The van der Waals surface area contributed by atoms with Crippen LogP contribution in [0.3, 0.4) is 0 Å². The second kappa shape index (κ2) is 5.61. The lowest BCUT2D eigenvalue weighted by atomic mass is 10.2. The Bertz CT molecular complexity index is 425. The zero-order valence-electron chi connectivity index (χ0n) is 8.82. The summed E-state index contributed by atoms with van der Waals surface area (Å²) in [7, 11) is 0. The number of benzene rings is 2. The Morgan fingerprint density at radius 2 is 0.938 bits per heavy atom. The fourth-order valence-electron chi connectivity index (χ4n) is 1.28. The van der Waals surface area contributed by atoms with Crippen molar-refractivity contribution in [2.24, 2.45) is 10.2 Å². The normalized spacial score (nSPS) is 11.2. The van der Waals surface area contributed by atoms with Crippen LogP contribution in [0.25, 0.3) is 0 Å². The molecule has 78 valence electrons. The average Bonchev–Trinajstić information content (AvgIpc) is 2.37. The molecule has 0 aliphatic heterocycles. The molecule has 0 aliphatic carbocycles. The standard InChI is InChI=1S/C14H12N2/c1-3-7-13(8-4-1)11-15-16-12-14-9-5-2-6-10-14/h1-12H/b15-11-,16-12-. The van der Waals surface area contributed by atoms with E-state index in [0.717, 1.165) is 11.1 Å². The van der Waals surface area contributed by atoms with Gasteiger partial charge in [0.2, 0.25) is 0 Å². The van der Waals surface area contributed by atoms with Gasteiger partial charge in [0.25, 0.3) is 0 Å². The van der Waals surface area contributed by atoms with Gasteiger partial charge in [-0.3, -0.25) is 0 Å². The van der Waals surface area contributed by atoms with E-state index in [1.807, 2.05) is 60.7 Å². The molecule has 0 fully saturated rings. The maximum absolute atomic E-state index is 3.98. The summed E-state index contributed by atoms with van der Waals surface area (Å²) in [6.45, 7) is 0. The lowest BCUT2D eigenvalue weighted by Crippen LogP contribution is -1.79. The summed E-state index contributed by atoms with van der Waals surface area (Å²) < 4.78 is 0. The predicted octanol–water partition coefficient (Wildman–Crippen LogP) is 3.14. The van der Waals surface area contributed by atoms with E-state index in [0.29, 0.717) is 0 Å². The first-order chi connectivity index (χ1) is 7.95. The van der Waals surface area contributed by atoms with Crippen LogP contribution in [-0.4, -0.2) is 12.4 Å². The molecule has 16 heavy (non-hydrogen) atoms. The zero-order valence-corrected chi connectivity index (χ0v) is 8.82. The van der Waals surface area contributed by atoms with Crippen LogP contribution in [-0.2, 0) is 0 Å². The highest BCUT2D eigenvalue weighted by molar-refractivity contribution is 5.82. The lowest BCUT2D eigenvalue weighted by Gasteiger charge is -1.89. The number of hydrogen-bond donors (Lipinski definition) is 0. The van der Waals surface area contributed by atoms with Crippen LogP contribution in [0.2, 0.25) is 0 Å². The van der Waals surface area contributed by atoms with E-state index >= 15 is 0 Å². The Balaban J connectivity index is 1.98. The van der Waals surface area contributed by atoms with Crippen LogP contribution in [0, 0.1) is 0 Å². The number of nitrogens with zero attached hydrogens (tertiary/aromatic N) is 2. The van der Waals surface area contributed by atoms with Crippen LogP contribution < -0.4 is 0 Å². The van der Waals surface area contributed by atoms with Gasteiger partial charge in [-0.2, -0.15) is 10.2 Å². The van der Waals surface area contributed by atoms with Gasteiger partial charge in [-0.15, -0.1) is 0 Å². The van der Waals surface area contributed by atoms with Crippen molar-refractivity contribution in [2.45, 2.75) is 0 Å². The SMILES string of the molecule is C(=N/N=C\c1ccccc1)/c1ccccc1. The summed E-state index contributed by atoms with van der Waals surface area (Å²) in [5.74, 6) is 0. The van der Waals surface area contributed by atoms with Crippen molar-refractivity contribution in [3.63, 3.8) is 0 Å². The van der Waals surface area contributed by atoms with Crippen molar-refractivity contribution in [1.29, 1.82) is 0 Å². The van der Waals surface area contributed by atoms with Crippen molar-refractivity contribution in [3.05, 3.63) is 71.8 Å². The minimum Gasteiger partial charge on any atom is -0.159 e. The largest absolute Gasteiger partial charge is 0.159 e. The first-order valence-corrected chi connectivity index (χ1v) is 5.12. The Morgan fingerprint density at radius 3 is 1.31 bits per heavy atom. The van der Waals surface area contributed by atoms with Gasteiger partial charge in [0.15, 0.2) is 0 Å². The van der Waals surface area contributed by atoms with E-state index in [1.54, 1.807) is 12.4 Å². The molecule has 0 spiro atoms. The van der Waals surface area contributed by atoms with Gasteiger partial charge in [-0.05, 0) is 11.1 Å². The Kier molecular flexibility index (Phi) is 3.61. The highest BCUT2D eigenvalue weighted by Crippen LogP contribution is 1.96. The molecular weight excluding hydrogens is 196 g/mol. The monoisotopic (exact) mass is 208 g/mol. The highest BCUT2D eigenvalue weighted by atomic mass is 15.2. The van der Waals surface area contributed by atoms with E-state index in [9.17, 15) is 0 Å². The van der Waals surface area contributed by atoms with Crippen LogP contribution in [0.5, 0.6) is 0 Å². The molecule has 2 nitrogen and oxygen atoms in total. The van der Waals surface area contributed by atoms with Crippen LogP contribution in [0.4, 0.5) is 0 Å². The van der Waals surface area contributed by atoms with Gasteiger partial charge >= 0.3 is 0 Å². The summed E-state index contributed by atoms with van der Waals surface area (Å²) >= 11 is 0. The zero-order chi connectivity index (χ0) is 11.1. The quantitative estimate of drug-likeness (QED) is 0.547. The van der Waals surface area contributed by atoms with E-state index < -0.39 is 0 Å². The minimum absolute atomic E-state index is 1.05. The van der Waals surface area contributed by atoms with Crippen LogP contribution in [0.15, 0.2) is 70.9 Å². The molecular formula is C14H12N2. The average molecular weight is 208 g/mol. The lowest BCUT2D eigenvalue weighted by molar-refractivity contribution is 1.26. The Morgan fingerprint density at radius 1 is 0.562 bits per heavy atom. The van der Waals surface area contributed by atoms with Crippen molar-refractivity contribution in [1.82, 2.24) is 0 Å². The van der Waals surface area contributed by atoms with E-state index in [2.05, 4.69) is 10.2 Å². The third-order valence-corrected chi connectivity index (χ3v) is 2.08. The topological polar surface area (TPSA) is 24.7 Å². The van der Waals surface area contributed by atoms with Gasteiger partial charge in [0.1, 0.15) is 0 Å². The second-order valence-corrected chi connectivity index (χ2v) is 3.31. The summed E-state index contributed by atoms with van der Waals surface area (Å²) in [5, 5.41) is 7.96. The maximum Gasteiger partial charge on any atom is 0.0568 e. The fourth-order valence-corrected chi connectivity index (χ4v) is 1.28. The summed E-state index contributed by atoms with van der Waals surface area (Å²) in [6.07, 6.45) is 3.47. The molecule has 2 aromatic carbocycles. The molecule has 0 amide bonds. The molecule has 0 heterocycles. The number of rotatable bonds is 3. The molecule has 0 N–H and O–H groups in total. The summed E-state index contributed by atoms with van der Waals surface area (Å²) in [5.41, 5.74) is 2.10. The molecule has 2 rings (SSSR count). The molecule has 0 aromatic heterocycles. The molecule has 0 atom stereocenters. The molecule has 0 radical (unpaired) electrons. The smallest absolute Gasteiger partial charge is 0.0568 e. The van der Waals surface area contributed by atoms with Gasteiger partial charge in [0.05, 0.1) is 12.4 Å². The van der Waals surface area contributed by atoms with Crippen molar-refractivity contribution in [2.75, 3.05) is 0 Å². The van der Waals surface area contributed by atoms with E-state index in [1.165, 1.54) is 0 Å². The van der Waals surface area contributed by atoms with Gasteiger partial charge < -0.3 is 0 Å². The Hall–Kier alpha value is -2.22. The van der Waals surface area contributed by atoms with Crippen LogP contribution >= 0.6 is 0 Å². The summed E-state index contributed by atoms with van der Waals surface area (Å²) in [6, 6.07) is 19.8. The van der Waals surface area contributed by atoms with Crippen molar-refractivity contribution >= 4 is 12.4 Å². The van der Waals surface area contributed by atoms with E-state index in [-0.39, 0.29) is 0 Å². The molecule has 0 saturated heterocycles. The van der Waals surface area contributed by atoms with E-state index in [4.69, 9.17) is 0 Å². The molecule has 2 aromatic rings. The first-order valence-electron chi connectivity index (χ1n) is 5.12. The predicted molar refractivity (Wildman–Crippen MR) is 68.1 cm³/mol. The van der Waals surface area contributed by atoms with Crippen molar-refractivity contribution in [3.8, 4) is 0 Å². The highest BCUT2D eigenvalue weighted by Gasteiger charge is 1.83. The van der Waals surface area contributed by atoms with Gasteiger partial charge in [-0.25, -0.2) is 0 Å². The fraction of sp³-hybridized carbons (Fsp3) is 0. The minimum atomic E-state index is 1.05. The maximum atomic E-state index is 3.98. The third kappa shape index (κ3) is 3.17. The molecule has 0 bridgehead atoms. The molecule has 0 unspecified atom stereocenters. The third-order valence-electron chi connectivity index (χ3n) is 2.08. The summed E-state index contributed by atoms with van der Waals surface area (Å²) in [4.78, 5) is 0. The van der Waals surface area contributed by atoms with Gasteiger partial charge in [-0.1, -0.05) is 60.7 Å².